The summed E-state index contributed by atoms with van der Waals surface area (Å²) < 4.78 is 0. The summed E-state index contributed by atoms with van der Waals surface area (Å²) >= 11 is 0. The maximum absolute atomic E-state index is 11.1. The van der Waals surface area contributed by atoms with Gasteiger partial charge in [-0.1, -0.05) is 12.1 Å². The predicted molar refractivity (Wildman–Crippen MR) is 55.3 cm³/mol. The number of hydrogen-bond acceptors (Lipinski definition) is 2. The van der Waals surface area contributed by atoms with E-state index in [4.69, 9.17) is 5.11 Å². The van der Waals surface area contributed by atoms with Gasteiger partial charge in [-0.05, 0) is 13.0 Å². The first-order valence-corrected chi connectivity index (χ1v) is 4.45. The molecule has 1 aromatic heterocycles. The lowest BCUT2D eigenvalue weighted by molar-refractivity contribution is 0.0699. The maximum Gasteiger partial charge on any atom is 0.337 e. The van der Waals surface area contributed by atoms with Crippen molar-refractivity contribution in [3.63, 3.8) is 0 Å². The molecule has 0 aliphatic heterocycles. The van der Waals surface area contributed by atoms with Crippen LogP contribution in [-0.4, -0.2) is 21.8 Å². The molecule has 4 nitrogen and oxygen atoms in total. The molecule has 0 unspecified atom stereocenters. The Morgan fingerprint density at radius 1 is 1.33 bits per heavy atom. The van der Waals surface area contributed by atoms with Crippen molar-refractivity contribution in [2.45, 2.75) is 6.92 Å². The highest BCUT2D eigenvalue weighted by atomic mass is 16.4. The highest BCUT2D eigenvalue weighted by Crippen LogP contribution is 2.19. The van der Waals surface area contributed by atoms with E-state index in [1.165, 1.54) is 13.1 Å². The molecule has 0 aliphatic rings. The van der Waals surface area contributed by atoms with Crippen LogP contribution >= 0.6 is 0 Å². The van der Waals surface area contributed by atoms with Gasteiger partial charge in [-0.3, -0.25) is 4.79 Å². The quantitative estimate of drug-likeness (QED) is 0.734. The Hall–Kier alpha value is -2.10. The molecule has 0 saturated heterocycles. The number of H-pyrrole nitrogens is 1. The number of aromatic amines is 1. The first-order valence-electron chi connectivity index (χ1n) is 4.45. The molecule has 0 aliphatic carbocycles. The molecule has 1 aromatic carbocycles. The van der Waals surface area contributed by atoms with Crippen LogP contribution in [0.4, 0.5) is 0 Å². The Morgan fingerprint density at radius 2 is 2.07 bits per heavy atom. The third kappa shape index (κ3) is 1.50. The predicted octanol–water partition coefficient (Wildman–Crippen LogP) is 2.07. The minimum absolute atomic E-state index is 0.0385. The highest BCUT2D eigenvalue weighted by molar-refractivity contribution is 6.05. The molecule has 2 aromatic rings. The first-order chi connectivity index (χ1) is 7.09. The summed E-state index contributed by atoms with van der Waals surface area (Å²) in [6.07, 6.45) is 1.43. The van der Waals surface area contributed by atoms with Crippen LogP contribution in [0.25, 0.3) is 10.9 Å². The Balaban J connectivity index is 2.66. The fourth-order valence-electron chi connectivity index (χ4n) is 1.52. The lowest BCUT2D eigenvalue weighted by Crippen LogP contribution is -1.94. The zero-order chi connectivity index (χ0) is 11.0. The number of carbonyl (C=O) groups is 2. The number of hydrogen-bond donors (Lipinski definition) is 2. The summed E-state index contributed by atoms with van der Waals surface area (Å²) in [5, 5.41) is 9.48. The zero-order valence-corrected chi connectivity index (χ0v) is 8.07. The van der Waals surface area contributed by atoms with E-state index in [1.54, 1.807) is 18.2 Å². The third-order valence-electron chi connectivity index (χ3n) is 2.32. The maximum atomic E-state index is 11.1. The van der Waals surface area contributed by atoms with Gasteiger partial charge >= 0.3 is 5.97 Å². The van der Waals surface area contributed by atoms with Crippen LogP contribution in [0.5, 0.6) is 0 Å². The molecule has 2 rings (SSSR count). The van der Waals surface area contributed by atoms with Crippen molar-refractivity contribution in [1.82, 2.24) is 4.98 Å². The summed E-state index contributed by atoms with van der Waals surface area (Å²) in [6.45, 7) is 1.47. The summed E-state index contributed by atoms with van der Waals surface area (Å²) in [5.74, 6) is -1.01. The molecule has 0 saturated carbocycles. The van der Waals surface area contributed by atoms with Gasteiger partial charge in [-0.15, -0.1) is 0 Å². The van der Waals surface area contributed by atoms with Gasteiger partial charge in [0.1, 0.15) is 0 Å². The van der Waals surface area contributed by atoms with E-state index in [1.807, 2.05) is 0 Å². The fourth-order valence-corrected chi connectivity index (χ4v) is 1.52. The second-order valence-corrected chi connectivity index (χ2v) is 3.32. The molecular formula is C11H9NO3. The number of Topliss-reactive ketones (excluding diaryl/α,β-unsaturated/α-hetero) is 1. The normalized spacial score (nSPS) is 10.5. The lowest BCUT2D eigenvalue weighted by atomic mass is 10.1. The molecule has 15 heavy (non-hydrogen) atoms. The van der Waals surface area contributed by atoms with E-state index in [0.717, 1.165) is 0 Å². The summed E-state index contributed by atoms with van der Waals surface area (Å²) in [4.78, 5) is 24.7. The Labute approximate surface area is 85.5 Å². The number of nitrogens with one attached hydrogen (secondary N) is 1. The van der Waals surface area contributed by atoms with E-state index in [0.29, 0.717) is 16.5 Å². The monoisotopic (exact) mass is 203 g/mol. The van der Waals surface area contributed by atoms with Crippen molar-refractivity contribution < 1.29 is 14.7 Å². The lowest BCUT2D eigenvalue weighted by Gasteiger charge is -1.96. The van der Waals surface area contributed by atoms with Crippen molar-refractivity contribution in [2.75, 3.05) is 0 Å². The van der Waals surface area contributed by atoms with Gasteiger partial charge in [0.25, 0.3) is 0 Å². The molecule has 2 N–H and O–H groups in total. The van der Waals surface area contributed by atoms with Gasteiger partial charge < -0.3 is 10.1 Å². The van der Waals surface area contributed by atoms with Gasteiger partial charge in [0.15, 0.2) is 5.78 Å². The van der Waals surface area contributed by atoms with E-state index in [-0.39, 0.29) is 11.3 Å². The molecule has 4 heteroatoms. The second kappa shape index (κ2) is 3.24. The number of ketones is 1. The number of carboxylic acids is 1. The molecule has 1 heterocycles. The molecule has 0 amide bonds. The summed E-state index contributed by atoms with van der Waals surface area (Å²) in [5.41, 5.74) is 1.46. The Kier molecular flexibility index (Phi) is 2.04. The van der Waals surface area contributed by atoms with Gasteiger partial charge in [0.05, 0.1) is 5.56 Å². The van der Waals surface area contributed by atoms with Crippen LogP contribution < -0.4 is 0 Å². The SMILES string of the molecule is CC(=O)c1ccc2c(C(=O)O)c[nH]c2c1. The van der Waals surface area contributed by atoms with Crippen LogP contribution in [0.2, 0.25) is 0 Å². The average molecular weight is 203 g/mol. The number of carboxylic acid groups (broad SMARTS) is 1. The number of rotatable bonds is 2. The van der Waals surface area contributed by atoms with Crippen molar-refractivity contribution in [2.24, 2.45) is 0 Å². The van der Waals surface area contributed by atoms with E-state index >= 15 is 0 Å². The molecule has 0 spiro atoms. The van der Waals surface area contributed by atoms with Crippen LogP contribution in [0.15, 0.2) is 24.4 Å². The van der Waals surface area contributed by atoms with Crippen molar-refractivity contribution in [3.8, 4) is 0 Å². The molecule has 76 valence electrons. The van der Waals surface area contributed by atoms with E-state index in [2.05, 4.69) is 4.98 Å². The van der Waals surface area contributed by atoms with E-state index < -0.39 is 5.97 Å². The van der Waals surface area contributed by atoms with Crippen molar-refractivity contribution in [3.05, 3.63) is 35.5 Å². The average Bonchev–Trinajstić information content (AvgIpc) is 2.59. The Morgan fingerprint density at radius 3 is 2.67 bits per heavy atom. The van der Waals surface area contributed by atoms with Gasteiger partial charge in [0.2, 0.25) is 0 Å². The standard InChI is InChI=1S/C11H9NO3/c1-6(13)7-2-3-8-9(11(14)15)5-12-10(8)4-7/h2-5,12H,1H3,(H,14,15). The van der Waals surface area contributed by atoms with Gasteiger partial charge in [-0.2, -0.15) is 0 Å². The third-order valence-corrected chi connectivity index (χ3v) is 2.32. The minimum Gasteiger partial charge on any atom is -0.478 e. The fraction of sp³-hybridized carbons (Fsp3) is 0.0909. The second-order valence-electron chi connectivity index (χ2n) is 3.32. The van der Waals surface area contributed by atoms with Crippen LogP contribution in [0.1, 0.15) is 27.6 Å². The van der Waals surface area contributed by atoms with Gasteiger partial charge in [0, 0.05) is 22.7 Å². The smallest absolute Gasteiger partial charge is 0.337 e. The summed E-state index contributed by atoms with van der Waals surface area (Å²) in [7, 11) is 0. The van der Waals surface area contributed by atoms with Gasteiger partial charge in [-0.25, -0.2) is 4.79 Å². The molecular weight excluding hydrogens is 194 g/mol. The van der Waals surface area contributed by atoms with Crippen LogP contribution in [0.3, 0.4) is 0 Å². The van der Waals surface area contributed by atoms with Crippen LogP contribution in [0, 0.1) is 0 Å². The number of carbonyl (C=O) groups excluding carboxylic acids is 1. The highest BCUT2D eigenvalue weighted by Gasteiger charge is 2.11. The Bertz CT molecular complexity index is 554. The number of aromatic nitrogens is 1. The molecule has 0 atom stereocenters. The summed E-state index contributed by atoms with van der Waals surface area (Å²) in [6, 6.07) is 4.93. The minimum atomic E-state index is -0.975. The zero-order valence-electron chi connectivity index (χ0n) is 8.07. The van der Waals surface area contributed by atoms with Crippen LogP contribution in [-0.2, 0) is 0 Å². The van der Waals surface area contributed by atoms with Crippen molar-refractivity contribution >= 4 is 22.7 Å². The largest absolute Gasteiger partial charge is 0.478 e. The number of aromatic carboxylic acids is 1. The van der Waals surface area contributed by atoms with Crippen molar-refractivity contribution in [1.29, 1.82) is 0 Å². The first kappa shape index (κ1) is 9.45. The van der Waals surface area contributed by atoms with E-state index in [9.17, 15) is 9.59 Å². The molecule has 0 radical (unpaired) electrons. The topological polar surface area (TPSA) is 70.2 Å². The molecule has 0 bridgehead atoms. The molecule has 0 fully saturated rings. The number of fused-ring (bicyclic) bond motifs is 1. The number of benzene rings is 1.